The molecular weight excluding hydrogens is 156 g/mol. The van der Waals surface area contributed by atoms with Gasteiger partial charge in [0.25, 0.3) is 0 Å². The van der Waals surface area contributed by atoms with Crippen LogP contribution in [0.2, 0.25) is 0 Å². The summed E-state index contributed by atoms with van der Waals surface area (Å²) in [5.74, 6) is 0.916. The Morgan fingerprint density at radius 3 is 1.73 bits per heavy atom. The third-order valence-electron chi connectivity index (χ3n) is 2.41. The molecule has 0 aliphatic heterocycles. The highest BCUT2D eigenvalue weighted by Crippen LogP contribution is 2.35. The van der Waals surface area contributed by atoms with Crippen LogP contribution in [0.3, 0.4) is 0 Å². The molecule has 0 aliphatic carbocycles. The molecule has 0 spiro atoms. The summed E-state index contributed by atoms with van der Waals surface area (Å²) in [4.78, 5) is -0.242. The van der Waals surface area contributed by atoms with E-state index in [-0.39, 0.29) is 4.87 Å². The van der Waals surface area contributed by atoms with Crippen LogP contribution in [0.25, 0.3) is 0 Å². The molecule has 0 radical (unpaired) electrons. The Kier molecular flexibility index (Phi) is 3.63. The van der Waals surface area contributed by atoms with Crippen molar-refractivity contribution >= 4 is 11.6 Å². The van der Waals surface area contributed by atoms with Gasteiger partial charge in [0.15, 0.2) is 0 Å². The van der Waals surface area contributed by atoms with Crippen molar-refractivity contribution in [3.63, 3.8) is 0 Å². The summed E-state index contributed by atoms with van der Waals surface area (Å²) in [6.07, 6.45) is 0. The van der Waals surface area contributed by atoms with Gasteiger partial charge in [0.2, 0.25) is 0 Å². The number of alkyl halides is 1. The van der Waals surface area contributed by atoms with Gasteiger partial charge < -0.3 is 0 Å². The normalized spacial score (nSPS) is 17.1. The Hall–Kier alpha value is 0.0300. The highest BCUT2D eigenvalue weighted by Gasteiger charge is 2.29. The zero-order chi connectivity index (χ0) is 9.23. The van der Waals surface area contributed by atoms with Crippen molar-refractivity contribution in [2.75, 3.05) is 0 Å². The minimum atomic E-state index is -0.242. The molecule has 0 aromatic carbocycles. The first-order valence-corrected chi connectivity index (χ1v) is 4.56. The Labute approximate surface area is 75.6 Å². The van der Waals surface area contributed by atoms with Gasteiger partial charge in [0.1, 0.15) is 0 Å². The number of hydrogen-bond donors (Lipinski definition) is 0. The minimum Gasteiger partial charge on any atom is -0.114 e. The van der Waals surface area contributed by atoms with Gasteiger partial charge in [-0.05, 0) is 18.8 Å². The van der Waals surface area contributed by atoms with E-state index in [0.29, 0.717) is 11.8 Å². The summed E-state index contributed by atoms with van der Waals surface area (Å²) < 4.78 is 0. The van der Waals surface area contributed by atoms with Crippen molar-refractivity contribution in [2.45, 2.75) is 39.5 Å². The molecule has 0 fully saturated rings. The monoisotopic (exact) mass is 174 g/mol. The molecule has 0 saturated heterocycles. The topological polar surface area (TPSA) is 0 Å². The van der Waals surface area contributed by atoms with Crippen molar-refractivity contribution in [3.05, 3.63) is 12.2 Å². The lowest BCUT2D eigenvalue weighted by Gasteiger charge is -2.31. The van der Waals surface area contributed by atoms with E-state index in [1.807, 2.05) is 6.92 Å². The van der Waals surface area contributed by atoms with E-state index in [1.165, 1.54) is 0 Å². The SMILES string of the molecule is C=C(C(C)C)C(C)(Cl)C(C)C. The standard InChI is InChI=1S/C10H19Cl/c1-7(2)9(5)10(6,11)8(3)4/h7-8H,5H2,1-4,6H3. The summed E-state index contributed by atoms with van der Waals surface area (Å²) in [5, 5.41) is 0. The fraction of sp³-hybridized carbons (Fsp3) is 0.800. The summed E-state index contributed by atoms with van der Waals surface area (Å²) in [7, 11) is 0. The van der Waals surface area contributed by atoms with E-state index in [1.54, 1.807) is 0 Å². The third kappa shape index (κ3) is 2.52. The van der Waals surface area contributed by atoms with Crippen LogP contribution in [0.4, 0.5) is 0 Å². The summed E-state index contributed by atoms with van der Waals surface area (Å²) in [5.41, 5.74) is 1.13. The Balaban J connectivity index is 4.43. The molecule has 0 N–H and O–H groups in total. The molecule has 11 heavy (non-hydrogen) atoms. The predicted octanol–water partition coefficient (Wildman–Crippen LogP) is 3.85. The molecule has 1 heteroatoms. The van der Waals surface area contributed by atoms with Gasteiger partial charge in [-0.15, -0.1) is 11.6 Å². The largest absolute Gasteiger partial charge is 0.114 e. The zero-order valence-corrected chi connectivity index (χ0v) is 9.00. The zero-order valence-electron chi connectivity index (χ0n) is 8.24. The second kappa shape index (κ2) is 3.62. The first-order valence-electron chi connectivity index (χ1n) is 4.18. The van der Waals surface area contributed by atoms with Gasteiger partial charge in [0.05, 0.1) is 4.87 Å². The van der Waals surface area contributed by atoms with Crippen molar-refractivity contribution in [1.82, 2.24) is 0 Å². The van der Waals surface area contributed by atoms with Gasteiger partial charge in [-0.1, -0.05) is 39.8 Å². The molecule has 0 aromatic heterocycles. The van der Waals surface area contributed by atoms with Crippen molar-refractivity contribution in [1.29, 1.82) is 0 Å². The molecule has 0 bridgehead atoms. The molecule has 0 aliphatic rings. The number of hydrogen-bond acceptors (Lipinski definition) is 0. The van der Waals surface area contributed by atoms with Crippen molar-refractivity contribution in [3.8, 4) is 0 Å². The van der Waals surface area contributed by atoms with E-state index in [0.717, 1.165) is 5.57 Å². The molecule has 0 rings (SSSR count). The summed E-state index contributed by atoms with van der Waals surface area (Å²) in [6.45, 7) is 14.6. The lowest BCUT2D eigenvalue weighted by atomic mass is 9.84. The van der Waals surface area contributed by atoms with E-state index in [4.69, 9.17) is 11.6 Å². The average Bonchev–Trinajstić information content (AvgIpc) is 1.85. The highest BCUT2D eigenvalue weighted by molar-refractivity contribution is 6.25. The van der Waals surface area contributed by atoms with Gasteiger partial charge in [0, 0.05) is 0 Å². The smallest absolute Gasteiger partial charge is 0.0649 e. The first-order chi connectivity index (χ1) is 4.80. The van der Waals surface area contributed by atoms with Crippen LogP contribution in [0.15, 0.2) is 12.2 Å². The highest BCUT2D eigenvalue weighted by atomic mass is 35.5. The Bertz CT molecular complexity index is 143. The van der Waals surface area contributed by atoms with Gasteiger partial charge in [-0.3, -0.25) is 0 Å². The predicted molar refractivity (Wildman–Crippen MR) is 53.1 cm³/mol. The van der Waals surface area contributed by atoms with Crippen LogP contribution in [0, 0.1) is 11.8 Å². The molecule has 0 nitrogen and oxygen atoms in total. The second-order valence-corrected chi connectivity index (χ2v) is 4.70. The number of allylic oxidation sites excluding steroid dienone is 1. The minimum absolute atomic E-state index is 0.242. The van der Waals surface area contributed by atoms with Crippen LogP contribution >= 0.6 is 11.6 Å². The van der Waals surface area contributed by atoms with E-state index in [9.17, 15) is 0 Å². The Morgan fingerprint density at radius 1 is 1.27 bits per heavy atom. The van der Waals surface area contributed by atoms with Gasteiger partial charge >= 0.3 is 0 Å². The maximum absolute atomic E-state index is 6.32. The third-order valence-corrected chi connectivity index (χ3v) is 3.09. The molecule has 1 atom stereocenters. The van der Waals surface area contributed by atoms with E-state index >= 15 is 0 Å². The Morgan fingerprint density at radius 2 is 1.64 bits per heavy atom. The van der Waals surface area contributed by atoms with Gasteiger partial charge in [-0.25, -0.2) is 0 Å². The molecule has 0 aromatic rings. The molecule has 1 unspecified atom stereocenters. The summed E-state index contributed by atoms with van der Waals surface area (Å²) >= 11 is 6.32. The second-order valence-electron chi connectivity index (χ2n) is 3.91. The van der Waals surface area contributed by atoms with Crippen LogP contribution < -0.4 is 0 Å². The first kappa shape index (κ1) is 11.0. The van der Waals surface area contributed by atoms with Crippen LogP contribution in [0.5, 0.6) is 0 Å². The molecule has 0 amide bonds. The molecule has 0 heterocycles. The number of halogens is 1. The maximum atomic E-state index is 6.32. The lowest BCUT2D eigenvalue weighted by molar-refractivity contribution is 0.478. The molecule has 0 saturated carbocycles. The van der Waals surface area contributed by atoms with E-state index in [2.05, 4.69) is 34.3 Å². The maximum Gasteiger partial charge on any atom is 0.0649 e. The molecule has 66 valence electrons. The molecular formula is C10H19Cl. The van der Waals surface area contributed by atoms with Crippen LogP contribution in [-0.2, 0) is 0 Å². The van der Waals surface area contributed by atoms with Gasteiger partial charge in [-0.2, -0.15) is 0 Å². The number of rotatable bonds is 3. The average molecular weight is 175 g/mol. The summed E-state index contributed by atoms with van der Waals surface area (Å²) in [6, 6.07) is 0. The fourth-order valence-electron chi connectivity index (χ4n) is 0.935. The fourth-order valence-corrected chi connectivity index (χ4v) is 1.15. The van der Waals surface area contributed by atoms with Crippen LogP contribution in [-0.4, -0.2) is 4.87 Å². The van der Waals surface area contributed by atoms with Crippen molar-refractivity contribution in [2.24, 2.45) is 11.8 Å². The van der Waals surface area contributed by atoms with Crippen molar-refractivity contribution < 1.29 is 0 Å². The quantitative estimate of drug-likeness (QED) is 0.451. The van der Waals surface area contributed by atoms with Crippen LogP contribution in [0.1, 0.15) is 34.6 Å². The lowest BCUT2D eigenvalue weighted by Crippen LogP contribution is -2.28. The van der Waals surface area contributed by atoms with E-state index < -0.39 is 0 Å².